The Morgan fingerprint density at radius 2 is 1.20 bits per heavy atom. The van der Waals surface area contributed by atoms with Crippen molar-refractivity contribution in [3.8, 4) is 6.07 Å². The van der Waals surface area contributed by atoms with Crippen LogP contribution < -0.4 is 10.6 Å². The highest BCUT2D eigenvalue weighted by molar-refractivity contribution is 6.31. The molecule has 0 aliphatic carbocycles. The molecule has 2 amide bonds. The molecule has 0 spiro atoms. The van der Waals surface area contributed by atoms with Crippen molar-refractivity contribution in [3.63, 3.8) is 0 Å². The zero-order valence-corrected chi connectivity index (χ0v) is 13.5. The molecule has 0 radical (unpaired) electrons. The number of nitriles is 1. The van der Waals surface area contributed by atoms with Gasteiger partial charge in [0.25, 0.3) is 11.8 Å². The molecular weight excluding hydrogens is 338 g/mol. The van der Waals surface area contributed by atoms with Crippen molar-refractivity contribution in [2.45, 2.75) is 0 Å². The van der Waals surface area contributed by atoms with Gasteiger partial charge in [-0.2, -0.15) is 5.26 Å². The quantitative estimate of drug-likeness (QED) is 0.876. The second kappa shape index (κ2) is 5.62. The maximum absolute atomic E-state index is 12.5. The molecule has 2 aliphatic heterocycles. The third-order valence-corrected chi connectivity index (χ3v) is 4.37. The first-order valence-electron chi connectivity index (χ1n) is 7.46. The number of carbonyl (C=O) groups excluding carboxylic acids is 2. The largest absolute Gasteiger partial charge is 0.321 e. The summed E-state index contributed by atoms with van der Waals surface area (Å²) in [6.07, 6.45) is 0. The third kappa shape index (κ3) is 2.40. The summed E-state index contributed by atoms with van der Waals surface area (Å²) in [5, 5.41) is 15.0. The van der Waals surface area contributed by atoms with E-state index in [1.54, 1.807) is 48.5 Å². The van der Waals surface area contributed by atoms with Crippen LogP contribution in [-0.4, -0.2) is 11.8 Å². The molecule has 0 unspecified atom stereocenters. The lowest BCUT2D eigenvalue weighted by Gasteiger charge is -2.07. The van der Waals surface area contributed by atoms with Gasteiger partial charge in [-0.3, -0.25) is 9.59 Å². The van der Waals surface area contributed by atoms with Crippen molar-refractivity contribution >= 4 is 34.8 Å². The smallest absolute Gasteiger partial charge is 0.258 e. The minimum atomic E-state index is -0.336. The molecule has 2 aliphatic rings. The van der Waals surface area contributed by atoms with E-state index in [2.05, 4.69) is 10.6 Å². The van der Waals surface area contributed by atoms with Crippen LogP contribution in [0.2, 0.25) is 5.02 Å². The number of benzene rings is 2. The number of halogens is 1. The minimum Gasteiger partial charge on any atom is -0.321 e. The number of nitrogens with zero attached hydrogens (tertiary/aromatic N) is 1. The van der Waals surface area contributed by atoms with Crippen molar-refractivity contribution in [3.05, 3.63) is 81.4 Å². The van der Waals surface area contributed by atoms with Crippen molar-refractivity contribution in [2.24, 2.45) is 0 Å². The minimum absolute atomic E-state index is 0.319. The van der Waals surface area contributed by atoms with Gasteiger partial charge in [0.2, 0.25) is 0 Å². The SMILES string of the molecule is N#Cc1ccc(C2=C3C(=O)NC(c4ccc(Cl)cc4)=C3C(=O)N2)cc1. The zero-order chi connectivity index (χ0) is 17.6. The van der Waals surface area contributed by atoms with E-state index in [-0.39, 0.29) is 11.8 Å². The summed E-state index contributed by atoms with van der Waals surface area (Å²) in [5.74, 6) is -0.671. The molecule has 2 heterocycles. The van der Waals surface area contributed by atoms with E-state index < -0.39 is 0 Å². The van der Waals surface area contributed by atoms with Crippen LogP contribution in [0.3, 0.4) is 0 Å². The predicted octanol–water partition coefficient (Wildman–Crippen LogP) is 2.59. The summed E-state index contributed by atoms with van der Waals surface area (Å²) in [6, 6.07) is 15.6. The van der Waals surface area contributed by atoms with Crippen molar-refractivity contribution in [2.75, 3.05) is 0 Å². The molecule has 0 bridgehead atoms. The number of fused-ring (bicyclic) bond motifs is 1. The van der Waals surface area contributed by atoms with Gasteiger partial charge in [0.1, 0.15) is 0 Å². The van der Waals surface area contributed by atoms with Crippen molar-refractivity contribution < 1.29 is 9.59 Å². The Hall–Kier alpha value is -3.36. The molecule has 25 heavy (non-hydrogen) atoms. The number of rotatable bonds is 2. The molecule has 0 atom stereocenters. The van der Waals surface area contributed by atoms with E-state index in [4.69, 9.17) is 16.9 Å². The summed E-state index contributed by atoms with van der Waals surface area (Å²) in [4.78, 5) is 25.0. The molecule has 2 aromatic carbocycles. The highest BCUT2D eigenvalue weighted by Gasteiger charge is 2.40. The Labute approximate surface area is 148 Å². The first-order valence-corrected chi connectivity index (χ1v) is 7.84. The highest BCUT2D eigenvalue weighted by Crippen LogP contribution is 2.37. The lowest BCUT2D eigenvalue weighted by atomic mass is 10.0. The average Bonchev–Trinajstić information content (AvgIpc) is 3.15. The van der Waals surface area contributed by atoms with E-state index >= 15 is 0 Å². The summed E-state index contributed by atoms with van der Waals surface area (Å²) >= 11 is 5.90. The highest BCUT2D eigenvalue weighted by atomic mass is 35.5. The Balaban J connectivity index is 1.86. The van der Waals surface area contributed by atoms with Gasteiger partial charge in [0, 0.05) is 5.02 Å². The van der Waals surface area contributed by atoms with Gasteiger partial charge >= 0.3 is 0 Å². The maximum atomic E-state index is 12.5. The summed E-state index contributed by atoms with van der Waals surface area (Å²) < 4.78 is 0. The first-order chi connectivity index (χ1) is 12.1. The van der Waals surface area contributed by atoms with Crippen LogP contribution in [0.5, 0.6) is 0 Å². The van der Waals surface area contributed by atoms with Crippen molar-refractivity contribution in [1.29, 1.82) is 5.26 Å². The monoisotopic (exact) mass is 347 g/mol. The van der Waals surface area contributed by atoms with Crippen LogP contribution in [0.1, 0.15) is 16.7 Å². The second-order valence-electron chi connectivity index (χ2n) is 5.60. The lowest BCUT2D eigenvalue weighted by Crippen LogP contribution is -2.21. The predicted molar refractivity (Wildman–Crippen MR) is 92.7 cm³/mol. The molecule has 0 fully saturated rings. The van der Waals surface area contributed by atoms with E-state index in [0.717, 1.165) is 0 Å². The normalized spacial score (nSPS) is 15.8. The van der Waals surface area contributed by atoms with E-state index in [9.17, 15) is 9.59 Å². The zero-order valence-electron chi connectivity index (χ0n) is 12.8. The van der Waals surface area contributed by atoms with Gasteiger partial charge in [-0.1, -0.05) is 35.9 Å². The summed E-state index contributed by atoms with van der Waals surface area (Å²) in [7, 11) is 0. The molecule has 2 N–H and O–H groups in total. The number of amides is 2. The second-order valence-corrected chi connectivity index (χ2v) is 6.04. The molecule has 0 aromatic heterocycles. The van der Waals surface area contributed by atoms with Crippen LogP contribution in [0.25, 0.3) is 11.4 Å². The molecule has 6 heteroatoms. The first kappa shape index (κ1) is 15.2. The fraction of sp³-hybridized carbons (Fsp3) is 0. The summed E-state index contributed by atoms with van der Waals surface area (Å²) in [6.45, 7) is 0. The van der Waals surface area contributed by atoms with Gasteiger partial charge in [-0.15, -0.1) is 0 Å². The fourth-order valence-electron chi connectivity index (χ4n) is 2.94. The Morgan fingerprint density at radius 1 is 0.760 bits per heavy atom. The Kier molecular flexibility index (Phi) is 3.41. The molecule has 0 saturated heterocycles. The number of hydrogen-bond donors (Lipinski definition) is 2. The van der Waals surface area contributed by atoms with Crippen LogP contribution >= 0.6 is 11.6 Å². The number of nitrogens with one attached hydrogen (secondary N) is 2. The lowest BCUT2D eigenvalue weighted by molar-refractivity contribution is -0.117. The van der Waals surface area contributed by atoms with E-state index in [1.807, 2.05) is 6.07 Å². The van der Waals surface area contributed by atoms with Gasteiger partial charge in [0.05, 0.1) is 34.2 Å². The van der Waals surface area contributed by atoms with Gasteiger partial charge < -0.3 is 10.6 Å². The molecular formula is C19H10ClN3O2. The molecule has 5 nitrogen and oxygen atoms in total. The standard InChI is InChI=1S/C19H10ClN3O2/c20-13-7-5-12(6-8-13)17-15-14(18(24)23-17)16(22-19(15)25)11-3-1-10(9-21)2-4-11/h1-8H,(H,22,25)(H,23,24). The molecule has 120 valence electrons. The fourth-order valence-corrected chi connectivity index (χ4v) is 3.07. The van der Waals surface area contributed by atoms with Crippen LogP contribution in [0.4, 0.5) is 0 Å². The Morgan fingerprint density at radius 3 is 1.64 bits per heavy atom. The topological polar surface area (TPSA) is 82.0 Å². The molecule has 0 saturated carbocycles. The van der Waals surface area contributed by atoms with E-state index in [0.29, 0.717) is 44.3 Å². The Bertz CT molecular complexity index is 1030. The average molecular weight is 348 g/mol. The van der Waals surface area contributed by atoms with Crippen LogP contribution in [0, 0.1) is 11.3 Å². The van der Waals surface area contributed by atoms with Crippen LogP contribution in [0.15, 0.2) is 59.7 Å². The van der Waals surface area contributed by atoms with Gasteiger partial charge in [-0.25, -0.2) is 0 Å². The number of hydrogen-bond acceptors (Lipinski definition) is 3. The van der Waals surface area contributed by atoms with E-state index in [1.165, 1.54) is 0 Å². The summed E-state index contributed by atoms with van der Waals surface area (Å²) in [5.41, 5.74) is 3.45. The van der Waals surface area contributed by atoms with Crippen LogP contribution in [-0.2, 0) is 9.59 Å². The third-order valence-electron chi connectivity index (χ3n) is 4.12. The maximum Gasteiger partial charge on any atom is 0.258 e. The number of carbonyl (C=O) groups is 2. The van der Waals surface area contributed by atoms with Crippen molar-refractivity contribution in [1.82, 2.24) is 10.6 Å². The van der Waals surface area contributed by atoms with Gasteiger partial charge in [0.15, 0.2) is 0 Å². The van der Waals surface area contributed by atoms with Gasteiger partial charge in [-0.05, 0) is 35.4 Å². The molecule has 2 aromatic rings. The molecule has 4 rings (SSSR count).